The predicted molar refractivity (Wildman–Crippen MR) is 126 cm³/mol. The maximum atomic E-state index is 11.9. The second-order valence-corrected chi connectivity index (χ2v) is 9.21. The smallest absolute Gasteiger partial charge is 0.338 e. The lowest BCUT2D eigenvalue weighted by Gasteiger charge is -2.38. The number of piperidine rings is 1. The summed E-state index contributed by atoms with van der Waals surface area (Å²) in [5, 5.41) is 23.6. The summed E-state index contributed by atoms with van der Waals surface area (Å²) in [7, 11) is 1.52. The van der Waals surface area contributed by atoms with Crippen LogP contribution in [0.5, 0.6) is 5.75 Å². The third kappa shape index (κ3) is 4.38. The molecule has 0 saturated carbocycles. The molecule has 0 amide bonds. The summed E-state index contributed by atoms with van der Waals surface area (Å²) in [5.41, 5.74) is 5.38. The molecule has 2 aliphatic rings. The number of benzene rings is 1. The lowest BCUT2D eigenvalue weighted by atomic mass is 9.81. The molecule has 0 bridgehead atoms. The van der Waals surface area contributed by atoms with Crippen LogP contribution in [0.25, 0.3) is 5.82 Å². The van der Waals surface area contributed by atoms with Crippen LogP contribution in [0.4, 0.5) is 0 Å². The molecule has 1 N–H and O–H groups in total. The van der Waals surface area contributed by atoms with Crippen molar-refractivity contribution in [3.8, 4) is 17.6 Å². The van der Waals surface area contributed by atoms with Crippen LogP contribution >= 0.6 is 0 Å². The zero-order valence-corrected chi connectivity index (χ0v) is 19.8. The number of fused-ring (bicyclic) bond motifs is 1. The molecule has 1 fully saturated rings. The summed E-state index contributed by atoms with van der Waals surface area (Å²) >= 11 is 0. The number of hydrogen-bond donors (Lipinski definition) is 1. The molecule has 2 aliphatic heterocycles. The van der Waals surface area contributed by atoms with Crippen molar-refractivity contribution >= 4 is 5.97 Å². The zero-order valence-electron chi connectivity index (χ0n) is 19.8. The molecule has 0 spiro atoms. The first-order chi connectivity index (χ1) is 17.0. The van der Waals surface area contributed by atoms with Gasteiger partial charge in [0.15, 0.2) is 5.82 Å². The number of carbonyl (C=O) groups is 1. The number of hydrogen-bond acceptors (Lipinski definition) is 8. The molecule has 0 aliphatic carbocycles. The number of methoxy groups -OCH3 is 1. The highest BCUT2D eigenvalue weighted by atomic mass is 16.5. The van der Waals surface area contributed by atoms with Crippen LogP contribution in [0, 0.1) is 24.2 Å². The fraction of sp³-hybridized carbons (Fsp3) is 0.385. The van der Waals surface area contributed by atoms with Gasteiger partial charge in [-0.25, -0.2) is 14.5 Å². The van der Waals surface area contributed by atoms with Gasteiger partial charge in [-0.2, -0.15) is 10.4 Å². The molecule has 9 nitrogen and oxygen atoms in total. The average molecular weight is 474 g/mol. The van der Waals surface area contributed by atoms with Crippen LogP contribution in [0.2, 0.25) is 0 Å². The fourth-order valence-corrected chi connectivity index (χ4v) is 5.23. The Morgan fingerprint density at radius 3 is 2.94 bits per heavy atom. The molecular weight excluding hydrogens is 446 g/mol. The van der Waals surface area contributed by atoms with Gasteiger partial charge in [-0.15, -0.1) is 0 Å². The van der Waals surface area contributed by atoms with Crippen molar-refractivity contribution in [1.82, 2.24) is 19.7 Å². The highest BCUT2D eigenvalue weighted by Gasteiger charge is 2.31. The number of ether oxygens (including phenoxy) is 2. The van der Waals surface area contributed by atoms with E-state index in [9.17, 15) is 15.2 Å². The molecule has 5 rings (SSSR count). The van der Waals surface area contributed by atoms with Gasteiger partial charge in [0.05, 0.1) is 25.1 Å². The van der Waals surface area contributed by atoms with E-state index in [2.05, 4.69) is 28.0 Å². The Bertz CT molecular complexity index is 1310. The van der Waals surface area contributed by atoms with Gasteiger partial charge < -0.3 is 14.6 Å². The molecule has 3 aromatic rings. The van der Waals surface area contributed by atoms with Gasteiger partial charge in [-0.3, -0.25) is 4.90 Å². The van der Waals surface area contributed by atoms with Crippen molar-refractivity contribution in [3.05, 3.63) is 70.2 Å². The number of aliphatic hydroxyl groups excluding tert-OH is 1. The molecule has 1 aromatic carbocycles. The summed E-state index contributed by atoms with van der Waals surface area (Å²) < 4.78 is 12.2. The van der Waals surface area contributed by atoms with Gasteiger partial charge in [0.1, 0.15) is 24.0 Å². The number of nitriles is 1. The van der Waals surface area contributed by atoms with E-state index in [0.29, 0.717) is 35.8 Å². The molecule has 1 saturated heterocycles. The minimum atomic E-state index is -0.250. The minimum absolute atomic E-state index is 0.132. The Hall–Kier alpha value is -3.74. The Labute approximate surface area is 203 Å². The number of rotatable bonds is 6. The Morgan fingerprint density at radius 1 is 1.31 bits per heavy atom. The first-order valence-electron chi connectivity index (χ1n) is 11.6. The first kappa shape index (κ1) is 23.0. The van der Waals surface area contributed by atoms with E-state index >= 15 is 0 Å². The monoisotopic (exact) mass is 473 g/mol. The summed E-state index contributed by atoms with van der Waals surface area (Å²) in [6, 6.07) is 7.68. The van der Waals surface area contributed by atoms with Crippen molar-refractivity contribution in [1.29, 1.82) is 5.26 Å². The van der Waals surface area contributed by atoms with Crippen LogP contribution in [0.1, 0.15) is 50.5 Å². The molecule has 9 heteroatoms. The maximum absolute atomic E-state index is 11.9. The molecular formula is C26H27N5O4. The molecule has 4 heterocycles. The normalized spacial score (nSPS) is 19.8. The second-order valence-electron chi connectivity index (χ2n) is 9.21. The van der Waals surface area contributed by atoms with Gasteiger partial charge in [-0.1, -0.05) is 6.07 Å². The Balaban J connectivity index is 1.35. The fourth-order valence-electron chi connectivity index (χ4n) is 5.23. The largest absolute Gasteiger partial charge is 0.495 e. The number of cyclic esters (lactones) is 1. The van der Waals surface area contributed by atoms with Crippen molar-refractivity contribution < 1.29 is 19.4 Å². The topological polar surface area (TPSA) is 114 Å². The van der Waals surface area contributed by atoms with Crippen LogP contribution in [-0.2, 0) is 17.9 Å². The number of pyridine rings is 1. The first-order valence-corrected chi connectivity index (χ1v) is 11.6. The van der Waals surface area contributed by atoms with Crippen LogP contribution in [0.3, 0.4) is 0 Å². The number of likely N-dealkylation sites (tertiary alicyclic amines) is 1. The summed E-state index contributed by atoms with van der Waals surface area (Å²) in [4.78, 5) is 18.6. The van der Waals surface area contributed by atoms with Gasteiger partial charge in [0.25, 0.3) is 0 Å². The van der Waals surface area contributed by atoms with E-state index in [0.717, 1.165) is 36.2 Å². The second kappa shape index (κ2) is 9.49. The third-order valence-electron chi connectivity index (χ3n) is 6.99. The standard InChI is InChI=1S/C26H27N5O4/c1-16-21(3-4-22-23(16)15-35-26(22)33)19-5-17(14-32)10-30(13-19)11-18-8-29-31(12-18)25-6-24(34-2)20(7-27)9-28-25/h3-4,6,8-9,12,17,19,32H,5,10-11,13-15H2,1-2H3. The zero-order chi connectivity index (χ0) is 24.5. The van der Waals surface area contributed by atoms with Crippen LogP contribution in [-0.4, -0.2) is 57.5 Å². The lowest BCUT2D eigenvalue weighted by molar-refractivity contribution is 0.0535. The molecule has 2 aromatic heterocycles. The van der Waals surface area contributed by atoms with E-state index in [1.807, 2.05) is 24.5 Å². The molecule has 0 radical (unpaired) electrons. The number of esters is 1. The summed E-state index contributed by atoms with van der Waals surface area (Å²) in [6.07, 6.45) is 6.12. The van der Waals surface area contributed by atoms with Crippen molar-refractivity contribution in [3.63, 3.8) is 0 Å². The SMILES string of the molecule is COc1cc(-n2cc(CN3CC(CO)CC(c4ccc5c(c4C)COC5=O)C3)cn2)ncc1C#N. The molecule has 2 atom stereocenters. The van der Waals surface area contributed by atoms with E-state index in [1.54, 1.807) is 10.7 Å². The average Bonchev–Trinajstić information content (AvgIpc) is 3.50. The van der Waals surface area contributed by atoms with Gasteiger partial charge in [0, 0.05) is 49.6 Å². The minimum Gasteiger partial charge on any atom is -0.495 e. The van der Waals surface area contributed by atoms with Crippen LogP contribution in [0.15, 0.2) is 36.8 Å². The van der Waals surface area contributed by atoms with E-state index in [4.69, 9.17) is 9.47 Å². The highest BCUT2D eigenvalue weighted by Crippen LogP contribution is 2.36. The number of aromatic nitrogens is 3. The van der Waals surface area contributed by atoms with Crippen molar-refractivity contribution in [2.24, 2.45) is 5.92 Å². The number of aliphatic hydroxyl groups is 1. The van der Waals surface area contributed by atoms with E-state index in [1.165, 1.54) is 18.9 Å². The lowest BCUT2D eigenvalue weighted by Crippen LogP contribution is -2.40. The highest BCUT2D eigenvalue weighted by molar-refractivity contribution is 5.94. The van der Waals surface area contributed by atoms with Gasteiger partial charge in [-0.05, 0) is 42.4 Å². The summed E-state index contributed by atoms with van der Waals surface area (Å²) in [6.45, 7) is 4.86. The molecule has 35 heavy (non-hydrogen) atoms. The molecule has 2 unspecified atom stereocenters. The van der Waals surface area contributed by atoms with Crippen molar-refractivity contribution in [2.75, 3.05) is 26.8 Å². The van der Waals surface area contributed by atoms with Crippen LogP contribution < -0.4 is 4.74 Å². The number of carbonyl (C=O) groups excluding carboxylic acids is 1. The van der Waals surface area contributed by atoms with Gasteiger partial charge >= 0.3 is 5.97 Å². The quantitative estimate of drug-likeness (QED) is 0.544. The predicted octanol–water partition coefficient (Wildman–Crippen LogP) is 2.72. The number of nitrogens with zero attached hydrogens (tertiary/aromatic N) is 5. The van der Waals surface area contributed by atoms with E-state index in [-0.39, 0.29) is 24.4 Å². The Kier molecular flexibility index (Phi) is 6.24. The Morgan fingerprint density at radius 2 is 2.17 bits per heavy atom. The van der Waals surface area contributed by atoms with Crippen molar-refractivity contribution in [2.45, 2.75) is 32.4 Å². The molecule has 180 valence electrons. The van der Waals surface area contributed by atoms with E-state index < -0.39 is 0 Å². The summed E-state index contributed by atoms with van der Waals surface area (Å²) in [5.74, 6) is 1.19. The third-order valence-corrected chi connectivity index (χ3v) is 6.99. The maximum Gasteiger partial charge on any atom is 0.338 e. The van der Waals surface area contributed by atoms with Gasteiger partial charge in [0.2, 0.25) is 0 Å².